The number of halogens is 1. The average molecular weight is 193 g/mol. The number of hydrogen-bond donors (Lipinski definition) is 1. The molecule has 1 N–H and O–H groups in total. The highest BCUT2D eigenvalue weighted by atomic mass is 19.1. The maximum atomic E-state index is 13.2. The molecule has 0 saturated heterocycles. The molecular formula is C11H12FNO. The summed E-state index contributed by atoms with van der Waals surface area (Å²) in [5.74, 6) is -0.780. The molecule has 14 heavy (non-hydrogen) atoms. The van der Waals surface area contributed by atoms with Crippen LogP contribution < -0.4 is 5.32 Å². The molecule has 2 nitrogen and oxygen atoms in total. The third-order valence-corrected chi connectivity index (χ3v) is 2.53. The van der Waals surface area contributed by atoms with E-state index in [9.17, 15) is 9.18 Å². The largest absolute Gasteiger partial charge is 0.347 e. The van der Waals surface area contributed by atoms with Gasteiger partial charge < -0.3 is 5.32 Å². The third-order valence-electron chi connectivity index (χ3n) is 2.53. The van der Waals surface area contributed by atoms with Crippen LogP contribution >= 0.6 is 0 Å². The summed E-state index contributed by atoms with van der Waals surface area (Å²) in [7, 11) is 0. The summed E-state index contributed by atoms with van der Waals surface area (Å²) in [4.78, 5) is 11.6. The zero-order chi connectivity index (χ0) is 10.2. The Morgan fingerprint density at radius 3 is 2.64 bits per heavy atom. The lowest BCUT2D eigenvalue weighted by atomic mass is 10.2. The highest BCUT2D eigenvalue weighted by Gasteiger charge is 2.39. The molecular weight excluding hydrogens is 181 g/mol. The highest BCUT2D eigenvalue weighted by molar-refractivity contribution is 5.95. The minimum atomic E-state index is -0.464. The molecule has 0 unspecified atom stereocenters. The van der Waals surface area contributed by atoms with Crippen LogP contribution in [0.1, 0.15) is 30.1 Å². The van der Waals surface area contributed by atoms with Crippen LogP contribution in [-0.2, 0) is 0 Å². The maximum absolute atomic E-state index is 13.2. The van der Waals surface area contributed by atoms with Crippen molar-refractivity contribution in [2.75, 3.05) is 0 Å². The van der Waals surface area contributed by atoms with E-state index in [1.54, 1.807) is 12.1 Å². The number of carbonyl (C=O) groups is 1. The Morgan fingerprint density at radius 1 is 1.43 bits per heavy atom. The van der Waals surface area contributed by atoms with Gasteiger partial charge in [0.2, 0.25) is 0 Å². The fourth-order valence-corrected chi connectivity index (χ4v) is 1.30. The lowest BCUT2D eigenvalue weighted by Crippen LogP contribution is -2.34. The van der Waals surface area contributed by atoms with Crippen LogP contribution in [0.3, 0.4) is 0 Å². The van der Waals surface area contributed by atoms with E-state index in [-0.39, 0.29) is 17.0 Å². The standard InChI is InChI=1S/C11H12FNO/c1-11(6-7-11)13-10(14)8-4-2-3-5-9(8)12/h2-5H,6-7H2,1H3,(H,13,14). The van der Waals surface area contributed by atoms with Crippen LogP contribution in [0.25, 0.3) is 0 Å². The zero-order valence-electron chi connectivity index (χ0n) is 8.01. The molecule has 1 aromatic rings. The quantitative estimate of drug-likeness (QED) is 0.765. The molecule has 0 spiro atoms. The summed E-state index contributed by atoms with van der Waals surface area (Å²) < 4.78 is 13.2. The van der Waals surface area contributed by atoms with Crippen molar-refractivity contribution in [3.05, 3.63) is 35.6 Å². The predicted molar refractivity (Wildman–Crippen MR) is 51.5 cm³/mol. The fraction of sp³-hybridized carbons (Fsp3) is 0.364. The van der Waals surface area contributed by atoms with Crippen molar-refractivity contribution in [2.45, 2.75) is 25.3 Å². The van der Waals surface area contributed by atoms with Gasteiger partial charge in [-0.1, -0.05) is 12.1 Å². The van der Waals surface area contributed by atoms with E-state index in [0.29, 0.717) is 0 Å². The van der Waals surface area contributed by atoms with Crippen molar-refractivity contribution < 1.29 is 9.18 Å². The Hall–Kier alpha value is -1.38. The molecule has 1 aromatic carbocycles. The van der Waals surface area contributed by atoms with E-state index in [0.717, 1.165) is 12.8 Å². The number of carbonyl (C=O) groups excluding carboxylic acids is 1. The molecule has 74 valence electrons. The number of amides is 1. The average Bonchev–Trinajstić information content (AvgIpc) is 2.84. The molecule has 0 atom stereocenters. The lowest BCUT2D eigenvalue weighted by molar-refractivity contribution is 0.0931. The van der Waals surface area contributed by atoms with Crippen LogP contribution in [0.15, 0.2) is 24.3 Å². The molecule has 0 aromatic heterocycles. The van der Waals surface area contributed by atoms with Gasteiger partial charge in [0.05, 0.1) is 5.56 Å². The van der Waals surface area contributed by atoms with Gasteiger partial charge in [0.25, 0.3) is 5.91 Å². The highest BCUT2D eigenvalue weighted by Crippen LogP contribution is 2.34. The van der Waals surface area contributed by atoms with Crippen LogP contribution in [0.5, 0.6) is 0 Å². The van der Waals surface area contributed by atoms with Gasteiger partial charge in [-0.15, -0.1) is 0 Å². The smallest absolute Gasteiger partial charge is 0.254 e. The molecule has 0 heterocycles. The van der Waals surface area contributed by atoms with E-state index >= 15 is 0 Å². The van der Waals surface area contributed by atoms with E-state index < -0.39 is 5.82 Å². The van der Waals surface area contributed by atoms with Crippen molar-refractivity contribution in [2.24, 2.45) is 0 Å². The SMILES string of the molecule is CC1(NC(=O)c2ccccc2F)CC1. The fourth-order valence-electron chi connectivity index (χ4n) is 1.30. The summed E-state index contributed by atoms with van der Waals surface area (Å²) in [5.41, 5.74) is 0.0277. The third kappa shape index (κ3) is 1.76. The van der Waals surface area contributed by atoms with Crippen LogP contribution in [0.4, 0.5) is 4.39 Å². The van der Waals surface area contributed by atoms with Gasteiger partial charge in [0.15, 0.2) is 0 Å². The van der Waals surface area contributed by atoms with Crippen LogP contribution in [0, 0.1) is 5.82 Å². The summed E-state index contributed by atoms with van der Waals surface area (Å²) >= 11 is 0. The van der Waals surface area contributed by atoms with Gasteiger partial charge in [-0.25, -0.2) is 4.39 Å². The Morgan fingerprint density at radius 2 is 2.07 bits per heavy atom. The molecule has 0 bridgehead atoms. The van der Waals surface area contributed by atoms with Gasteiger partial charge in [-0.3, -0.25) is 4.79 Å². The van der Waals surface area contributed by atoms with Gasteiger partial charge in [0.1, 0.15) is 5.82 Å². The molecule has 3 heteroatoms. The molecule has 1 aliphatic rings. The number of benzene rings is 1. The first-order valence-electron chi connectivity index (χ1n) is 4.68. The first-order chi connectivity index (χ1) is 6.61. The first kappa shape index (κ1) is 9.19. The molecule has 0 aliphatic heterocycles. The van der Waals surface area contributed by atoms with E-state index in [4.69, 9.17) is 0 Å². The molecule has 0 radical (unpaired) electrons. The van der Waals surface area contributed by atoms with Gasteiger partial charge in [-0.05, 0) is 31.9 Å². The van der Waals surface area contributed by atoms with E-state index in [1.165, 1.54) is 12.1 Å². The van der Waals surface area contributed by atoms with Crippen molar-refractivity contribution in [3.8, 4) is 0 Å². The summed E-state index contributed by atoms with van der Waals surface area (Å²) in [6.07, 6.45) is 1.96. The van der Waals surface area contributed by atoms with Crippen molar-refractivity contribution in [3.63, 3.8) is 0 Å². The summed E-state index contributed by atoms with van der Waals surface area (Å²) in [6.45, 7) is 1.96. The Kier molecular flexibility index (Phi) is 2.02. The molecule has 1 amide bonds. The Bertz CT molecular complexity index is 371. The van der Waals surface area contributed by atoms with Crippen molar-refractivity contribution in [1.82, 2.24) is 5.32 Å². The monoisotopic (exact) mass is 193 g/mol. The maximum Gasteiger partial charge on any atom is 0.254 e. The number of hydrogen-bond acceptors (Lipinski definition) is 1. The summed E-state index contributed by atoms with van der Waals surface area (Å²) in [6, 6.07) is 6.03. The first-order valence-corrected chi connectivity index (χ1v) is 4.68. The Labute approximate surface area is 82.1 Å². The van der Waals surface area contributed by atoms with Crippen LogP contribution in [0.2, 0.25) is 0 Å². The van der Waals surface area contributed by atoms with Gasteiger partial charge in [0, 0.05) is 5.54 Å². The van der Waals surface area contributed by atoms with E-state index in [1.807, 2.05) is 6.92 Å². The predicted octanol–water partition coefficient (Wildman–Crippen LogP) is 2.11. The van der Waals surface area contributed by atoms with Gasteiger partial charge in [-0.2, -0.15) is 0 Å². The molecule has 1 saturated carbocycles. The van der Waals surface area contributed by atoms with Crippen molar-refractivity contribution >= 4 is 5.91 Å². The van der Waals surface area contributed by atoms with Crippen LogP contribution in [-0.4, -0.2) is 11.4 Å². The zero-order valence-corrected chi connectivity index (χ0v) is 8.01. The normalized spacial score (nSPS) is 17.6. The summed E-state index contributed by atoms with van der Waals surface area (Å²) in [5, 5.41) is 2.81. The molecule has 2 rings (SSSR count). The van der Waals surface area contributed by atoms with Crippen molar-refractivity contribution in [1.29, 1.82) is 0 Å². The second kappa shape index (κ2) is 3.08. The minimum Gasteiger partial charge on any atom is -0.347 e. The minimum absolute atomic E-state index is 0.0979. The molecule has 1 aliphatic carbocycles. The number of nitrogens with one attached hydrogen (secondary N) is 1. The second-order valence-corrected chi connectivity index (χ2v) is 3.99. The topological polar surface area (TPSA) is 29.1 Å². The lowest BCUT2D eigenvalue weighted by Gasteiger charge is -2.11. The second-order valence-electron chi connectivity index (χ2n) is 3.99. The number of rotatable bonds is 2. The van der Waals surface area contributed by atoms with E-state index in [2.05, 4.69) is 5.32 Å². The van der Waals surface area contributed by atoms with Gasteiger partial charge >= 0.3 is 0 Å². The Balaban J connectivity index is 2.15. The molecule has 1 fully saturated rings.